The second-order valence-corrected chi connectivity index (χ2v) is 7.13. The molecule has 2 N–H and O–H groups in total. The number of aromatic nitrogens is 2. The maximum absolute atomic E-state index is 14.4. The zero-order valence-electron chi connectivity index (χ0n) is 15.5. The summed E-state index contributed by atoms with van der Waals surface area (Å²) < 4.78 is 14.4. The van der Waals surface area contributed by atoms with Gasteiger partial charge < -0.3 is 10.3 Å². The van der Waals surface area contributed by atoms with Gasteiger partial charge in [-0.3, -0.25) is 14.6 Å². The van der Waals surface area contributed by atoms with Crippen molar-refractivity contribution in [2.24, 2.45) is 0 Å². The summed E-state index contributed by atoms with van der Waals surface area (Å²) in [7, 11) is 0. The van der Waals surface area contributed by atoms with E-state index in [0.717, 1.165) is 24.1 Å². The molecule has 4 rings (SSSR count). The van der Waals surface area contributed by atoms with Crippen LogP contribution in [0.4, 0.5) is 4.39 Å². The molecule has 0 fully saturated rings. The summed E-state index contributed by atoms with van der Waals surface area (Å²) in [6.07, 6.45) is 5.36. The molecule has 142 valence electrons. The van der Waals surface area contributed by atoms with Crippen LogP contribution in [-0.4, -0.2) is 15.9 Å². The fourth-order valence-electron chi connectivity index (χ4n) is 3.84. The highest BCUT2D eigenvalue weighted by molar-refractivity contribution is 5.94. The number of carbonyl (C=O) groups is 1. The topological polar surface area (TPSA) is 74.8 Å². The molecule has 0 saturated heterocycles. The molecule has 2 aromatic heterocycles. The molecule has 28 heavy (non-hydrogen) atoms. The number of rotatable bonds is 3. The number of nitrogens with one attached hydrogen (secondary N) is 2. The Morgan fingerprint density at radius 1 is 1.25 bits per heavy atom. The zero-order valence-corrected chi connectivity index (χ0v) is 15.5. The summed E-state index contributed by atoms with van der Waals surface area (Å²) in [5, 5.41) is 3.10. The lowest BCUT2D eigenvalue weighted by molar-refractivity contribution is 0.0902. The van der Waals surface area contributed by atoms with Gasteiger partial charge >= 0.3 is 0 Å². The number of halogens is 1. The minimum absolute atomic E-state index is 0.281. The first-order valence-electron chi connectivity index (χ1n) is 9.22. The molecule has 0 radical (unpaired) electrons. The third-order valence-electron chi connectivity index (χ3n) is 5.33. The maximum Gasteiger partial charge on any atom is 0.253 e. The molecule has 1 atom stereocenters. The lowest BCUT2D eigenvalue weighted by Gasteiger charge is -2.39. The molecule has 3 aromatic rings. The molecule has 1 amide bonds. The van der Waals surface area contributed by atoms with Crippen LogP contribution in [-0.2, 0) is 12.0 Å². The number of pyridine rings is 2. The second kappa shape index (κ2) is 7.03. The van der Waals surface area contributed by atoms with E-state index < -0.39 is 5.54 Å². The fraction of sp³-hybridized carbons (Fsp3) is 0.227. The van der Waals surface area contributed by atoms with Crippen molar-refractivity contribution < 1.29 is 9.18 Å². The number of hydrogen-bond donors (Lipinski definition) is 2. The van der Waals surface area contributed by atoms with Crippen LogP contribution in [0.1, 0.15) is 45.6 Å². The Kier molecular flexibility index (Phi) is 4.55. The predicted octanol–water partition coefficient (Wildman–Crippen LogP) is 3.23. The van der Waals surface area contributed by atoms with Crippen molar-refractivity contribution in [2.75, 3.05) is 0 Å². The lowest BCUT2D eigenvalue weighted by Crippen LogP contribution is -2.49. The summed E-state index contributed by atoms with van der Waals surface area (Å²) in [5.74, 6) is -0.672. The van der Waals surface area contributed by atoms with E-state index >= 15 is 0 Å². The summed E-state index contributed by atoms with van der Waals surface area (Å²) in [6, 6.07) is 11.7. The Hall–Kier alpha value is -3.28. The largest absolute Gasteiger partial charge is 0.337 e. The van der Waals surface area contributed by atoms with Crippen LogP contribution in [0.5, 0.6) is 0 Å². The quantitative estimate of drug-likeness (QED) is 0.736. The Morgan fingerprint density at radius 3 is 2.86 bits per heavy atom. The lowest BCUT2D eigenvalue weighted by atomic mass is 9.74. The number of H-pyrrole nitrogens is 1. The Morgan fingerprint density at radius 2 is 2.11 bits per heavy atom. The first-order chi connectivity index (χ1) is 13.5. The van der Waals surface area contributed by atoms with E-state index in [-0.39, 0.29) is 17.3 Å². The van der Waals surface area contributed by atoms with E-state index in [1.807, 2.05) is 18.2 Å². The third-order valence-corrected chi connectivity index (χ3v) is 5.33. The number of hydrogen-bond acceptors (Lipinski definition) is 3. The molecule has 0 bridgehead atoms. The van der Waals surface area contributed by atoms with Crippen molar-refractivity contribution in [1.29, 1.82) is 0 Å². The number of aryl methyl sites for hydroxylation is 2. The maximum atomic E-state index is 14.4. The average Bonchev–Trinajstić information content (AvgIpc) is 2.70. The number of carbonyl (C=O) groups excluding carboxylic acids is 1. The van der Waals surface area contributed by atoms with Gasteiger partial charge in [0, 0.05) is 18.5 Å². The number of fused-ring (bicyclic) bond motifs is 1. The summed E-state index contributed by atoms with van der Waals surface area (Å²) in [5.41, 5.74) is 2.09. The van der Waals surface area contributed by atoms with Gasteiger partial charge in [0.2, 0.25) is 5.56 Å². The highest BCUT2D eigenvalue weighted by Gasteiger charge is 2.41. The first-order valence-corrected chi connectivity index (χ1v) is 9.22. The Labute approximate surface area is 161 Å². The van der Waals surface area contributed by atoms with E-state index in [9.17, 15) is 14.0 Å². The minimum Gasteiger partial charge on any atom is -0.337 e. The first kappa shape index (κ1) is 18.1. The summed E-state index contributed by atoms with van der Waals surface area (Å²) >= 11 is 0. The Balaban J connectivity index is 1.85. The molecular weight excluding hydrogens is 357 g/mol. The number of amides is 1. The van der Waals surface area contributed by atoms with Crippen LogP contribution in [0.3, 0.4) is 0 Å². The second-order valence-electron chi connectivity index (χ2n) is 7.13. The molecule has 0 aliphatic heterocycles. The third kappa shape index (κ3) is 3.11. The molecule has 5 nitrogen and oxygen atoms in total. The van der Waals surface area contributed by atoms with Crippen LogP contribution in [0.2, 0.25) is 0 Å². The van der Waals surface area contributed by atoms with Crippen LogP contribution in [0.25, 0.3) is 0 Å². The van der Waals surface area contributed by atoms with Gasteiger partial charge in [-0.15, -0.1) is 0 Å². The highest BCUT2D eigenvalue weighted by atomic mass is 19.1. The molecule has 0 saturated carbocycles. The van der Waals surface area contributed by atoms with Crippen molar-refractivity contribution in [3.05, 3.63) is 99.0 Å². The van der Waals surface area contributed by atoms with Gasteiger partial charge in [0.1, 0.15) is 11.4 Å². The van der Waals surface area contributed by atoms with Gasteiger partial charge in [-0.05, 0) is 61.1 Å². The van der Waals surface area contributed by atoms with Gasteiger partial charge in [-0.25, -0.2) is 4.39 Å². The van der Waals surface area contributed by atoms with E-state index in [4.69, 9.17) is 0 Å². The van der Waals surface area contributed by atoms with Gasteiger partial charge in [0.05, 0.1) is 11.3 Å². The van der Waals surface area contributed by atoms with Crippen molar-refractivity contribution >= 4 is 5.91 Å². The predicted molar refractivity (Wildman–Crippen MR) is 104 cm³/mol. The molecule has 6 heteroatoms. The molecule has 0 unspecified atom stereocenters. The van der Waals surface area contributed by atoms with Gasteiger partial charge in [-0.1, -0.05) is 18.2 Å². The van der Waals surface area contributed by atoms with Gasteiger partial charge in [0.15, 0.2) is 0 Å². The SMILES string of the molecule is Cc1ccc([C@@]2(NC(=O)c3ccc(=O)[nH]c3)CCCc3cccnc32)cc1F. The highest BCUT2D eigenvalue weighted by Crippen LogP contribution is 2.40. The Bertz CT molecular complexity index is 1090. The van der Waals surface area contributed by atoms with Crippen molar-refractivity contribution in [3.8, 4) is 0 Å². The van der Waals surface area contributed by atoms with Gasteiger partial charge in [-0.2, -0.15) is 0 Å². The minimum atomic E-state index is -0.934. The van der Waals surface area contributed by atoms with Crippen LogP contribution >= 0.6 is 0 Å². The molecule has 1 aliphatic carbocycles. The molecule has 0 spiro atoms. The standard InChI is InChI=1S/C22H20FN3O2/c1-14-6-8-17(12-18(14)23)22(10-2-4-15-5-3-11-24-20(15)22)26-21(28)16-7-9-19(27)25-13-16/h3,5-9,11-13H,2,4,10H2,1H3,(H,25,27)(H,26,28)/t22-/m0/s1. The van der Waals surface area contributed by atoms with E-state index in [1.54, 1.807) is 19.2 Å². The van der Waals surface area contributed by atoms with Crippen molar-refractivity contribution in [1.82, 2.24) is 15.3 Å². The van der Waals surface area contributed by atoms with E-state index in [2.05, 4.69) is 15.3 Å². The van der Waals surface area contributed by atoms with Crippen molar-refractivity contribution in [3.63, 3.8) is 0 Å². The van der Waals surface area contributed by atoms with Gasteiger partial charge in [0.25, 0.3) is 5.91 Å². The van der Waals surface area contributed by atoms with E-state index in [0.29, 0.717) is 23.1 Å². The summed E-state index contributed by atoms with van der Waals surface area (Å²) in [6.45, 7) is 1.71. The van der Waals surface area contributed by atoms with E-state index in [1.165, 1.54) is 24.4 Å². The number of aromatic amines is 1. The van der Waals surface area contributed by atoms with Crippen molar-refractivity contribution in [2.45, 2.75) is 31.7 Å². The van der Waals surface area contributed by atoms with Crippen LogP contribution in [0, 0.1) is 12.7 Å². The molecule has 1 aromatic carbocycles. The normalized spacial score (nSPS) is 18.4. The summed E-state index contributed by atoms with van der Waals surface area (Å²) in [4.78, 5) is 31.4. The van der Waals surface area contributed by atoms with Crippen LogP contribution < -0.4 is 10.9 Å². The fourth-order valence-corrected chi connectivity index (χ4v) is 3.84. The molecule has 1 aliphatic rings. The molecule has 2 heterocycles. The van der Waals surface area contributed by atoms with Crippen LogP contribution in [0.15, 0.2) is 59.7 Å². The monoisotopic (exact) mass is 377 g/mol. The number of nitrogens with zero attached hydrogens (tertiary/aromatic N) is 1. The average molecular weight is 377 g/mol. The smallest absolute Gasteiger partial charge is 0.253 e. The molecular formula is C22H20FN3O2. The number of benzene rings is 1. The zero-order chi connectivity index (χ0) is 19.7.